The molecule has 0 saturated carbocycles. The van der Waals surface area contributed by atoms with Gasteiger partial charge in [0.05, 0.1) is 6.54 Å². The van der Waals surface area contributed by atoms with Crippen molar-refractivity contribution in [3.05, 3.63) is 70.4 Å². The van der Waals surface area contributed by atoms with Crippen molar-refractivity contribution in [2.75, 3.05) is 0 Å². The lowest BCUT2D eigenvalue weighted by molar-refractivity contribution is -0.123. The largest absolute Gasteiger partial charge is 0.507 e. The molecule has 5 nitrogen and oxygen atoms in total. The Kier molecular flexibility index (Phi) is 4.04. The van der Waals surface area contributed by atoms with Gasteiger partial charge in [0.1, 0.15) is 11.4 Å². The molecule has 2 aromatic carbocycles. The number of urea groups is 1. The van der Waals surface area contributed by atoms with E-state index in [4.69, 9.17) is 11.6 Å². The Morgan fingerprint density at radius 2 is 1.87 bits per heavy atom. The zero-order valence-electron chi connectivity index (χ0n) is 12.0. The maximum Gasteiger partial charge on any atom is 0.329 e. The van der Waals surface area contributed by atoms with Crippen LogP contribution in [0.4, 0.5) is 4.79 Å². The van der Waals surface area contributed by atoms with Gasteiger partial charge in [-0.2, -0.15) is 0 Å². The Morgan fingerprint density at radius 3 is 2.61 bits per heavy atom. The number of amides is 3. The molecule has 1 aliphatic rings. The van der Waals surface area contributed by atoms with Crippen molar-refractivity contribution in [1.82, 2.24) is 10.2 Å². The number of benzene rings is 2. The first-order chi connectivity index (χ1) is 11.0. The molecule has 0 aromatic heterocycles. The Bertz CT molecular complexity index is 803. The van der Waals surface area contributed by atoms with Gasteiger partial charge in [0.25, 0.3) is 5.91 Å². The van der Waals surface area contributed by atoms with Crippen molar-refractivity contribution in [3.8, 4) is 5.75 Å². The SMILES string of the molecule is O=C1N/C(=C/c2cc(Cl)ccc2O)C(=O)N1Cc1ccccc1. The molecule has 0 radical (unpaired) electrons. The Hall–Kier alpha value is -2.79. The van der Waals surface area contributed by atoms with Crippen LogP contribution in [0, 0.1) is 0 Å². The third-order valence-corrected chi connectivity index (χ3v) is 3.67. The number of rotatable bonds is 3. The van der Waals surface area contributed by atoms with Crippen molar-refractivity contribution in [1.29, 1.82) is 0 Å². The third-order valence-electron chi connectivity index (χ3n) is 3.44. The van der Waals surface area contributed by atoms with Gasteiger partial charge in [0, 0.05) is 10.6 Å². The quantitative estimate of drug-likeness (QED) is 0.671. The number of nitrogens with one attached hydrogen (secondary N) is 1. The zero-order chi connectivity index (χ0) is 16.4. The molecule has 0 unspecified atom stereocenters. The molecular formula is C17H13ClN2O3. The second kappa shape index (κ2) is 6.14. The first-order valence-electron chi connectivity index (χ1n) is 6.91. The number of halogens is 1. The van der Waals surface area contributed by atoms with E-state index >= 15 is 0 Å². The fourth-order valence-corrected chi connectivity index (χ4v) is 2.46. The van der Waals surface area contributed by atoms with Crippen molar-refractivity contribution in [2.24, 2.45) is 0 Å². The average molecular weight is 329 g/mol. The second-order valence-electron chi connectivity index (χ2n) is 5.07. The maximum absolute atomic E-state index is 12.4. The predicted octanol–water partition coefficient (Wildman–Crippen LogP) is 3.14. The summed E-state index contributed by atoms with van der Waals surface area (Å²) in [5, 5.41) is 12.7. The predicted molar refractivity (Wildman–Crippen MR) is 86.6 cm³/mol. The van der Waals surface area contributed by atoms with Crippen LogP contribution in [-0.4, -0.2) is 21.9 Å². The minimum absolute atomic E-state index is 0.0227. The van der Waals surface area contributed by atoms with Crippen LogP contribution in [0.15, 0.2) is 54.2 Å². The fourth-order valence-electron chi connectivity index (χ4n) is 2.28. The maximum atomic E-state index is 12.4. The molecule has 0 atom stereocenters. The van der Waals surface area contributed by atoms with Crippen LogP contribution in [0.3, 0.4) is 0 Å². The number of phenolic OH excluding ortho intramolecular Hbond substituents is 1. The minimum atomic E-state index is -0.494. The molecule has 1 fully saturated rings. The minimum Gasteiger partial charge on any atom is -0.507 e. The fraction of sp³-hybridized carbons (Fsp3) is 0.0588. The van der Waals surface area contributed by atoms with Crippen LogP contribution in [0.2, 0.25) is 5.02 Å². The summed E-state index contributed by atoms with van der Waals surface area (Å²) in [7, 11) is 0. The molecule has 23 heavy (non-hydrogen) atoms. The summed E-state index contributed by atoms with van der Waals surface area (Å²) < 4.78 is 0. The van der Waals surface area contributed by atoms with E-state index in [9.17, 15) is 14.7 Å². The van der Waals surface area contributed by atoms with Gasteiger partial charge >= 0.3 is 6.03 Å². The Balaban J connectivity index is 1.86. The number of imide groups is 1. The van der Waals surface area contributed by atoms with Gasteiger partial charge in [-0.25, -0.2) is 4.79 Å². The monoisotopic (exact) mass is 328 g/mol. The van der Waals surface area contributed by atoms with Crippen molar-refractivity contribution in [3.63, 3.8) is 0 Å². The zero-order valence-corrected chi connectivity index (χ0v) is 12.7. The van der Waals surface area contributed by atoms with E-state index < -0.39 is 11.9 Å². The number of hydrogen-bond acceptors (Lipinski definition) is 3. The van der Waals surface area contributed by atoms with Crippen LogP contribution in [-0.2, 0) is 11.3 Å². The molecule has 3 rings (SSSR count). The lowest BCUT2D eigenvalue weighted by Crippen LogP contribution is -2.30. The van der Waals surface area contributed by atoms with Crippen molar-refractivity contribution >= 4 is 29.6 Å². The first-order valence-corrected chi connectivity index (χ1v) is 7.29. The van der Waals surface area contributed by atoms with E-state index in [0.29, 0.717) is 10.6 Å². The van der Waals surface area contributed by atoms with Crippen molar-refractivity contribution in [2.45, 2.75) is 6.54 Å². The summed E-state index contributed by atoms with van der Waals surface area (Å²) in [4.78, 5) is 25.5. The number of phenols is 1. The lowest BCUT2D eigenvalue weighted by atomic mass is 10.1. The first kappa shape index (κ1) is 15.1. The van der Waals surface area contributed by atoms with Crippen LogP contribution in [0.25, 0.3) is 6.08 Å². The number of carbonyl (C=O) groups is 2. The second-order valence-corrected chi connectivity index (χ2v) is 5.50. The van der Waals surface area contributed by atoms with Gasteiger partial charge in [-0.3, -0.25) is 9.69 Å². The van der Waals surface area contributed by atoms with E-state index in [-0.39, 0.29) is 18.0 Å². The molecule has 2 N–H and O–H groups in total. The molecule has 1 aliphatic heterocycles. The van der Waals surface area contributed by atoms with E-state index in [1.54, 1.807) is 0 Å². The van der Waals surface area contributed by atoms with E-state index in [1.165, 1.54) is 24.3 Å². The standard InChI is InChI=1S/C17H13ClN2O3/c18-13-6-7-15(21)12(8-13)9-14-16(22)20(17(23)19-14)10-11-4-2-1-3-5-11/h1-9,21H,10H2,(H,19,23)/b14-9+. The number of aromatic hydroxyl groups is 1. The highest BCUT2D eigenvalue weighted by Gasteiger charge is 2.33. The van der Waals surface area contributed by atoms with Crippen LogP contribution in [0.1, 0.15) is 11.1 Å². The smallest absolute Gasteiger partial charge is 0.329 e. The lowest BCUT2D eigenvalue weighted by Gasteiger charge is -2.11. The highest BCUT2D eigenvalue weighted by Crippen LogP contribution is 2.25. The number of nitrogens with zero attached hydrogens (tertiary/aromatic N) is 1. The van der Waals surface area contributed by atoms with Gasteiger partial charge in [-0.05, 0) is 29.8 Å². The highest BCUT2D eigenvalue weighted by molar-refractivity contribution is 6.30. The van der Waals surface area contributed by atoms with Gasteiger partial charge in [-0.15, -0.1) is 0 Å². The van der Waals surface area contributed by atoms with Crippen molar-refractivity contribution < 1.29 is 14.7 Å². The van der Waals surface area contributed by atoms with E-state index in [1.807, 2.05) is 30.3 Å². The normalized spacial score (nSPS) is 16.0. The van der Waals surface area contributed by atoms with Gasteiger partial charge < -0.3 is 10.4 Å². The van der Waals surface area contributed by atoms with Crippen LogP contribution < -0.4 is 5.32 Å². The molecular weight excluding hydrogens is 316 g/mol. The van der Waals surface area contributed by atoms with E-state index in [2.05, 4.69) is 5.32 Å². The van der Waals surface area contributed by atoms with E-state index in [0.717, 1.165) is 10.5 Å². The molecule has 0 bridgehead atoms. The summed E-state index contributed by atoms with van der Waals surface area (Å²) >= 11 is 5.88. The average Bonchev–Trinajstić information content (AvgIpc) is 2.80. The number of hydrogen-bond donors (Lipinski definition) is 2. The highest BCUT2D eigenvalue weighted by atomic mass is 35.5. The van der Waals surface area contributed by atoms with Gasteiger partial charge in [0.15, 0.2) is 0 Å². The summed E-state index contributed by atoms with van der Waals surface area (Å²) in [6, 6.07) is 13.2. The van der Waals surface area contributed by atoms with Crippen LogP contribution in [0.5, 0.6) is 5.75 Å². The van der Waals surface area contributed by atoms with Gasteiger partial charge in [0.2, 0.25) is 0 Å². The number of carbonyl (C=O) groups excluding carboxylic acids is 2. The molecule has 3 amide bonds. The molecule has 0 aliphatic carbocycles. The summed E-state index contributed by atoms with van der Waals surface area (Å²) in [5.41, 5.74) is 1.31. The summed E-state index contributed by atoms with van der Waals surface area (Å²) in [6.45, 7) is 0.185. The van der Waals surface area contributed by atoms with Crippen LogP contribution >= 0.6 is 11.6 Å². The Labute approximate surface area is 137 Å². The third kappa shape index (κ3) is 3.19. The molecule has 2 aromatic rings. The molecule has 116 valence electrons. The molecule has 0 spiro atoms. The van der Waals surface area contributed by atoms with Gasteiger partial charge in [-0.1, -0.05) is 41.9 Å². The summed E-state index contributed by atoms with van der Waals surface area (Å²) in [5.74, 6) is -0.469. The summed E-state index contributed by atoms with van der Waals surface area (Å²) in [6.07, 6.45) is 1.41. The molecule has 1 saturated heterocycles. The molecule has 6 heteroatoms. The topological polar surface area (TPSA) is 69.6 Å². The molecule has 1 heterocycles. The Morgan fingerprint density at radius 1 is 1.13 bits per heavy atom.